The van der Waals surface area contributed by atoms with Crippen LogP contribution in [0, 0.1) is 19.8 Å². The first kappa shape index (κ1) is 13.2. The van der Waals surface area contributed by atoms with Gasteiger partial charge in [0.2, 0.25) is 0 Å². The van der Waals surface area contributed by atoms with E-state index in [2.05, 4.69) is 51.3 Å². The SMILES string of the molecule is CCC(CC)C(NN)c1c(C)cccc1C. The molecule has 0 bridgehead atoms. The second-order valence-electron chi connectivity index (χ2n) is 4.53. The van der Waals surface area contributed by atoms with Crippen molar-refractivity contribution in [3.05, 3.63) is 34.9 Å². The maximum atomic E-state index is 5.74. The summed E-state index contributed by atoms with van der Waals surface area (Å²) in [6.07, 6.45) is 2.30. The van der Waals surface area contributed by atoms with Gasteiger partial charge in [0.25, 0.3) is 0 Å². The number of nitrogens with one attached hydrogen (secondary N) is 1. The van der Waals surface area contributed by atoms with Gasteiger partial charge in [-0.05, 0) is 36.5 Å². The zero-order chi connectivity index (χ0) is 12.1. The first-order valence-electron chi connectivity index (χ1n) is 6.17. The molecule has 2 nitrogen and oxygen atoms in total. The van der Waals surface area contributed by atoms with Crippen LogP contribution in [-0.2, 0) is 0 Å². The Hall–Kier alpha value is -0.860. The van der Waals surface area contributed by atoms with Crippen LogP contribution in [0.2, 0.25) is 0 Å². The molecule has 0 saturated carbocycles. The van der Waals surface area contributed by atoms with Gasteiger partial charge in [-0.15, -0.1) is 0 Å². The van der Waals surface area contributed by atoms with Crippen LogP contribution in [0.25, 0.3) is 0 Å². The smallest absolute Gasteiger partial charge is 0.0493 e. The van der Waals surface area contributed by atoms with E-state index >= 15 is 0 Å². The van der Waals surface area contributed by atoms with E-state index in [4.69, 9.17) is 5.84 Å². The van der Waals surface area contributed by atoms with Gasteiger partial charge in [0, 0.05) is 6.04 Å². The predicted molar refractivity (Wildman–Crippen MR) is 70.1 cm³/mol. The van der Waals surface area contributed by atoms with Crippen molar-refractivity contribution in [2.24, 2.45) is 11.8 Å². The summed E-state index contributed by atoms with van der Waals surface area (Å²) >= 11 is 0. The Labute approximate surface area is 99.2 Å². The lowest BCUT2D eigenvalue weighted by Gasteiger charge is -2.27. The molecule has 1 unspecified atom stereocenters. The molecule has 0 saturated heterocycles. The molecular formula is C14H24N2. The summed E-state index contributed by atoms with van der Waals surface area (Å²) in [7, 11) is 0. The highest BCUT2D eigenvalue weighted by atomic mass is 15.2. The zero-order valence-electron chi connectivity index (χ0n) is 10.9. The normalized spacial score (nSPS) is 13.1. The Bertz CT molecular complexity index is 309. The second kappa shape index (κ2) is 6.02. The Balaban J connectivity index is 3.12. The number of rotatable bonds is 5. The van der Waals surface area contributed by atoms with Crippen molar-refractivity contribution in [3.8, 4) is 0 Å². The molecule has 16 heavy (non-hydrogen) atoms. The maximum Gasteiger partial charge on any atom is 0.0493 e. The Morgan fingerprint density at radius 2 is 1.62 bits per heavy atom. The Morgan fingerprint density at radius 3 is 2.00 bits per heavy atom. The van der Waals surface area contributed by atoms with E-state index in [1.165, 1.54) is 16.7 Å². The fourth-order valence-corrected chi connectivity index (χ4v) is 2.53. The molecule has 0 aliphatic heterocycles. The molecule has 90 valence electrons. The van der Waals surface area contributed by atoms with Crippen molar-refractivity contribution in [1.29, 1.82) is 0 Å². The number of hydrogen-bond acceptors (Lipinski definition) is 2. The van der Waals surface area contributed by atoms with Crippen LogP contribution < -0.4 is 11.3 Å². The van der Waals surface area contributed by atoms with Crippen LogP contribution in [0.15, 0.2) is 18.2 Å². The third kappa shape index (κ3) is 2.63. The van der Waals surface area contributed by atoms with Gasteiger partial charge in [0.05, 0.1) is 0 Å². The van der Waals surface area contributed by atoms with E-state index < -0.39 is 0 Å². The van der Waals surface area contributed by atoms with E-state index in [1.807, 2.05) is 0 Å². The third-order valence-electron chi connectivity index (χ3n) is 3.55. The third-order valence-corrected chi connectivity index (χ3v) is 3.55. The molecule has 1 rings (SSSR count). The van der Waals surface area contributed by atoms with Crippen LogP contribution in [0.3, 0.4) is 0 Å². The van der Waals surface area contributed by atoms with E-state index in [1.54, 1.807) is 0 Å². The lowest BCUT2D eigenvalue weighted by atomic mass is 9.85. The first-order valence-corrected chi connectivity index (χ1v) is 6.17. The fraction of sp³-hybridized carbons (Fsp3) is 0.571. The van der Waals surface area contributed by atoms with Crippen LogP contribution in [-0.4, -0.2) is 0 Å². The van der Waals surface area contributed by atoms with Crippen LogP contribution in [0.5, 0.6) is 0 Å². The maximum absolute atomic E-state index is 5.74. The minimum absolute atomic E-state index is 0.274. The summed E-state index contributed by atoms with van der Waals surface area (Å²) in [5.74, 6) is 6.35. The molecule has 1 aromatic carbocycles. The van der Waals surface area contributed by atoms with Gasteiger partial charge in [-0.1, -0.05) is 44.9 Å². The summed E-state index contributed by atoms with van der Waals surface area (Å²) in [6.45, 7) is 8.78. The average molecular weight is 220 g/mol. The molecule has 0 amide bonds. The topological polar surface area (TPSA) is 38.0 Å². The predicted octanol–water partition coefficient (Wildman–Crippen LogP) is 3.24. The van der Waals surface area contributed by atoms with Crippen molar-refractivity contribution < 1.29 is 0 Å². The highest BCUT2D eigenvalue weighted by molar-refractivity contribution is 5.36. The number of hydrogen-bond donors (Lipinski definition) is 2. The van der Waals surface area contributed by atoms with Gasteiger partial charge in [0.1, 0.15) is 0 Å². The minimum atomic E-state index is 0.274. The zero-order valence-corrected chi connectivity index (χ0v) is 10.9. The molecule has 0 spiro atoms. The number of nitrogens with two attached hydrogens (primary N) is 1. The Kier molecular flexibility index (Phi) is 4.97. The highest BCUT2D eigenvalue weighted by Gasteiger charge is 2.21. The van der Waals surface area contributed by atoms with Crippen LogP contribution >= 0.6 is 0 Å². The monoisotopic (exact) mass is 220 g/mol. The van der Waals surface area contributed by atoms with Gasteiger partial charge in [-0.3, -0.25) is 11.3 Å². The van der Waals surface area contributed by atoms with Crippen molar-refractivity contribution >= 4 is 0 Å². The summed E-state index contributed by atoms with van der Waals surface area (Å²) in [6, 6.07) is 6.70. The average Bonchev–Trinajstić information content (AvgIpc) is 2.28. The molecule has 0 aliphatic carbocycles. The van der Waals surface area contributed by atoms with E-state index in [0.29, 0.717) is 5.92 Å². The number of hydrazine groups is 1. The first-order chi connectivity index (χ1) is 7.65. The summed E-state index contributed by atoms with van der Waals surface area (Å²) in [4.78, 5) is 0. The summed E-state index contributed by atoms with van der Waals surface area (Å²) in [5, 5.41) is 0. The molecule has 0 aliphatic rings. The molecule has 0 aromatic heterocycles. The fourth-order valence-electron chi connectivity index (χ4n) is 2.53. The molecule has 0 heterocycles. The summed E-state index contributed by atoms with van der Waals surface area (Å²) in [5.41, 5.74) is 7.03. The Morgan fingerprint density at radius 1 is 1.12 bits per heavy atom. The lowest BCUT2D eigenvalue weighted by molar-refractivity contribution is 0.343. The standard InChI is InChI=1S/C14H24N2/c1-5-12(6-2)14(16-15)13-10(3)8-7-9-11(13)4/h7-9,12,14,16H,5-6,15H2,1-4H3. The van der Waals surface area contributed by atoms with Crippen molar-refractivity contribution in [2.45, 2.75) is 46.6 Å². The van der Waals surface area contributed by atoms with Crippen molar-refractivity contribution in [3.63, 3.8) is 0 Å². The molecule has 2 heteroatoms. The van der Waals surface area contributed by atoms with Crippen LogP contribution in [0.4, 0.5) is 0 Å². The van der Waals surface area contributed by atoms with Crippen molar-refractivity contribution in [2.75, 3.05) is 0 Å². The van der Waals surface area contributed by atoms with Gasteiger partial charge in [-0.25, -0.2) is 0 Å². The van der Waals surface area contributed by atoms with E-state index in [-0.39, 0.29) is 6.04 Å². The molecule has 1 atom stereocenters. The summed E-state index contributed by atoms with van der Waals surface area (Å²) < 4.78 is 0. The highest BCUT2D eigenvalue weighted by Crippen LogP contribution is 2.30. The minimum Gasteiger partial charge on any atom is -0.271 e. The molecule has 3 N–H and O–H groups in total. The quantitative estimate of drug-likeness (QED) is 0.590. The molecule has 1 aromatic rings. The van der Waals surface area contributed by atoms with Gasteiger partial charge < -0.3 is 0 Å². The molecule has 0 radical (unpaired) electrons. The second-order valence-corrected chi connectivity index (χ2v) is 4.53. The number of benzene rings is 1. The van der Waals surface area contributed by atoms with E-state index in [9.17, 15) is 0 Å². The van der Waals surface area contributed by atoms with E-state index in [0.717, 1.165) is 12.8 Å². The molecular weight excluding hydrogens is 196 g/mol. The van der Waals surface area contributed by atoms with Gasteiger partial charge >= 0.3 is 0 Å². The van der Waals surface area contributed by atoms with Crippen LogP contribution in [0.1, 0.15) is 49.4 Å². The van der Waals surface area contributed by atoms with Gasteiger partial charge in [0.15, 0.2) is 0 Å². The lowest BCUT2D eigenvalue weighted by Crippen LogP contribution is -2.34. The van der Waals surface area contributed by atoms with Crippen molar-refractivity contribution in [1.82, 2.24) is 5.43 Å². The largest absolute Gasteiger partial charge is 0.271 e. The number of aryl methyl sites for hydroxylation is 2. The van der Waals surface area contributed by atoms with Gasteiger partial charge in [-0.2, -0.15) is 0 Å². The molecule has 0 fully saturated rings.